The van der Waals surface area contributed by atoms with Gasteiger partial charge in [-0.1, -0.05) is 19.3 Å². The van der Waals surface area contributed by atoms with Gasteiger partial charge in [-0.3, -0.25) is 0 Å². The van der Waals surface area contributed by atoms with Crippen LogP contribution in [0, 0.1) is 9.39 Å². The zero-order valence-electron chi connectivity index (χ0n) is 10.0. The molecule has 4 heteroatoms. The van der Waals surface area contributed by atoms with Crippen molar-refractivity contribution in [3.05, 3.63) is 21.5 Å². The fourth-order valence-electron chi connectivity index (χ4n) is 2.52. The predicted octanol–water partition coefficient (Wildman–Crippen LogP) is 3.78. The standard InChI is InChI=1S/C13H18FIN2/c1-17(9-5-3-2-4-6-9)13-7-10(14)11(15)8-12(13)16/h7-9H,2-6,16H2,1H3. The van der Waals surface area contributed by atoms with Crippen molar-refractivity contribution in [2.75, 3.05) is 17.7 Å². The summed E-state index contributed by atoms with van der Waals surface area (Å²) in [6.07, 6.45) is 6.22. The molecule has 1 aliphatic rings. The highest BCUT2D eigenvalue weighted by atomic mass is 127. The molecule has 2 N–H and O–H groups in total. The molecule has 2 nitrogen and oxygen atoms in total. The molecule has 0 atom stereocenters. The molecule has 0 aromatic heterocycles. The van der Waals surface area contributed by atoms with Crippen LogP contribution in [0.4, 0.5) is 15.8 Å². The van der Waals surface area contributed by atoms with E-state index in [0.29, 0.717) is 15.3 Å². The summed E-state index contributed by atoms with van der Waals surface area (Å²) >= 11 is 1.97. The van der Waals surface area contributed by atoms with Gasteiger partial charge in [0.25, 0.3) is 0 Å². The van der Waals surface area contributed by atoms with Crippen LogP contribution in [-0.2, 0) is 0 Å². The van der Waals surface area contributed by atoms with Gasteiger partial charge < -0.3 is 10.6 Å². The molecule has 1 aliphatic carbocycles. The Labute approximate surface area is 116 Å². The maximum Gasteiger partial charge on any atom is 0.138 e. The van der Waals surface area contributed by atoms with E-state index in [1.54, 1.807) is 12.1 Å². The van der Waals surface area contributed by atoms with E-state index in [9.17, 15) is 4.39 Å². The first kappa shape index (κ1) is 12.9. The van der Waals surface area contributed by atoms with Gasteiger partial charge in [0.05, 0.1) is 14.9 Å². The second-order valence-corrected chi connectivity index (χ2v) is 5.89. The molecular weight excluding hydrogens is 330 g/mol. The zero-order valence-corrected chi connectivity index (χ0v) is 12.2. The average Bonchev–Trinajstić information content (AvgIpc) is 2.34. The number of nitrogen functional groups attached to an aromatic ring is 1. The van der Waals surface area contributed by atoms with Gasteiger partial charge in [0, 0.05) is 19.2 Å². The SMILES string of the molecule is CN(c1cc(F)c(I)cc1N)C1CCCCC1. The van der Waals surface area contributed by atoms with Crippen LogP contribution in [0.25, 0.3) is 0 Å². The van der Waals surface area contributed by atoms with Gasteiger partial charge in [0.2, 0.25) is 0 Å². The van der Waals surface area contributed by atoms with E-state index in [-0.39, 0.29) is 5.82 Å². The van der Waals surface area contributed by atoms with Gasteiger partial charge >= 0.3 is 0 Å². The summed E-state index contributed by atoms with van der Waals surface area (Å²) in [6, 6.07) is 3.78. The Morgan fingerprint density at radius 2 is 1.94 bits per heavy atom. The summed E-state index contributed by atoms with van der Waals surface area (Å²) in [5, 5.41) is 0. The molecule has 0 aliphatic heterocycles. The van der Waals surface area contributed by atoms with Crippen molar-refractivity contribution in [2.45, 2.75) is 38.1 Å². The fourth-order valence-corrected chi connectivity index (χ4v) is 3.01. The normalized spacial score (nSPS) is 17.1. The second kappa shape index (κ2) is 5.42. The summed E-state index contributed by atoms with van der Waals surface area (Å²) in [6.45, 7) is 0. The van der Waals surface area contributed by atoms with E-state index >= 15 is 0 Å². The van der Waals surface area contributed by atoms with Crippen molar-refractivity contribution in [1.82, 2.24) is 0 Å². The lowest BCUT2D eigenvalue weighted by Gasteiger charge is -2.33. The number of nitrogens with two attached hydrogens (primary N) is 1. The van der Waals surface area contributed by atoms with Crippen molar-refractivity contribution >= 4 is 34.0 Å². The highest BCUT2D eigenvalue weighted by Gasteiger charge is 2.20. The minimum absolute atomic E-state index is 0.183. The second-order valence-electron chi connectivity index (χ2n) is 4.73. The minimum atomic E-state index is -0.183. The first-order valence-corrected chi connectivity index (χ1v) is 7.15. The van der Waals surface area contributed by atoms with Gasteiger partial charge in [-0.25, -0.2) is 4.39 Å². The van der Waals surface area contributed by atoms with E-state index in [1.807, 2.05) is 29.6 Å². The van der Waals surface area contributed by atoms with Crippen LogP contribution < -0.4 is 10.6 Å². The summed E-state index contributed by atoms with van der Waals surface area (Å²) in [7, 11) is 2.02. The number of rotatable bonds is 2. The number of hydrogen-bond donors (Lipinski definition) is 1. The maximum atomic E-state index is 13.6. The molecule has 94 valence electrons. The lowest BCUT2D eigenvalue weighted by molar-refractivity contribution is 0.427. The van der Waals surface area contributed by atoms with Crippen LogP contribution in [0.2, 0.25) is 0 Å². The third-order valence-corrected chi connectivity index (χ3v) is 4.40. The molecule has 0 amide bonds. The maximum absolute atomic E-state index is 13.6. The molecule has 0 heterocycles. The number of nitrogens with zero attached hydrogens (tertiary/aromatic N) is 1. The van der Waals surface area contributed by atoms with Gasteiger partial charge in [0.15, 0.2) is 0 Å². The number of benzene rings is 1. The topological polar surface area (TPSA) is 29.3 Å². The van der Waals surface area contributed by atoms with E-state index < -0.39 is 0 Å². The van der Waals surface area contributed by atoms with Gasteiger partial charge in [-0.05, 0) is 41.5 Å². The quantitative estimate of drug-likeness (QED) is 0.651. The lowest BCUT2D eigenvalue weighted by Crippen LogP contribution is -2.33. The highest BCUT2D eigenvalue weighted by molar-refractivity contribution is 14.1. The molecule has 17 heavy (non-hydrogen) atoms. The highest BCUT2D eigenvalue weighted by Crippen LogP contribution is 2.31. The van der Waals surface area contributed by atoms with Crippen molar-refractivity contribution in [2.24, 2.45) is 0 Å². The van der Waals surface area contributed by atoms with Crippen molar-refractivity contribution in [1.29, 1.82) is 0 Å². The number of hydrogen-bond acceptors (Lipinski definition) is 2. The Hall–Kier alpha value is -0.520. The Morgan fingerprint density at radius 3 is 2.59 bits per heavy atom. The lowest BCUT2D eigenvalue weighted by atomic mass is 9.94. The molecule has 1 aromatic rings. The molecule has 0 radical (unpaired) electrons. The molecular formula is C13H18FIN2. The Morgan fingerprint density at radius 1 is 1.29 bits per heavy atom. The van der Waals surface area contributed by atoms with Gasteiger partial charge in [-0.2, -0.15) is 0 Å². The van der Waals surface area contributed by atoms with Crippen LogP contribution in [-0.4, -0.2) is 13.1 Å². The Bertz CT molecular complexity index is 403. The summed E-state index contributed by atoms with van der Waals surface area (Å²) in [4.78, 5) is 2.15. The van der Waals surface area contributed by atoms with Crippen molar-refractivity contribution < 1.29 is 4.39 Å². The van der Waals surface area contributed by atoms with Crippen LogP contribution in [0.1, 0.15) is 32.1 Å². The van der Waals surface area contributed by atoms with Crippen molar-refractivity contribution in [3.8, 4) is 0 Å². The number of anilines is 2. The minimum Gasteiger partial charge on any atom is -0.397 e. The van der Waals surface area contributed by atoms with Crippen LogP contribution in [0.15, 0.2) is 12.1 Å². The smallest absolute Gasteiger partial charge is 0.138 e. The molecule has 0 spiro atoms. The summed E-state index contributed by atoms with van der Waals surface area (Å²) < 4.78 is 14.2. The molecule has 1 aromatic carbocycles. The third kappa shape index (κ3) is 2.84. The molecule has 0 saturated heterocycles. The third-order valence-electron chi connectivity index (χ3n) is 3.57. The number of halogens is 2. The van der Waals surface area contributed by atoms with Crippen LogP contribution in [0.3, 0.4) is 0 Å². The van der Waals surface area contributed by atoms with Crippen molar-refractivity contribution in [3.63, 3.8) is 0 Å². The first-order valence-electron chi connectivity index (χ1n) is 6.07. The van der Waals surface area contributed by atoms with Gasteiger partial charge in [0.1, 0.15) is 5.82 Å². The van der Waals surface area contributed by atoms with E-state index in [1.165, 1.54) is 32.1 Å². The summed E-state index contributed by atoms with van der Waals surface area (Å²) in [5.74, 6) is -0.183. The van der Waals surface area contributed by atoms with E-state index in [0.717, 1.165) is 5.69 Å². The first-order chi connectivity index (χ1) is 8.09. The monoisotopic (exact) mass is 348 g/mol. The zero-order chi connectivity index (χ0) is 12.4. The van der Waals surface area contributed by atoms with E-state index in [4.69, 9.17) is 5.73 Å². The van der Waals surface area contributed by atoms with Gasteiger partial charge in [-0.15, -0.1) is 0 Å². The van der Waals surface area contributed by atoms with Crippen LogP contribution in [0.5, 0.6) is 0 Å². The molecule has 0 bridgehead atoms. The van der Waals surface area contributed by atoms with Crippen LogP contribution >= 0.6 is 22.6 Å². The molecule has 0 unspecified atom stereocenters. The summed E-state index contributed by atoms with van der Waals surface area (Å²) in [5.41, 5.74) is 7.48. The Balaban J connectivity index is 2.23. The fraction of sp³-hybridized carbons (Fsp3) is 0.538. The largest absolute Gasteiger partial charge is 0.397 e. The Kier molecular flexibility index (Phi) is 4.12. The molecule has 1 saturated carbocycles. The van der Waals surface area contributed by atoms with E-state index in [2.05, 4.69) is 4.90 Å². The predicted molar refractivity (Wildman–Crippen MR) is 78.8 cm³/mol. The molecule has 1 fully saturated rings. The molecule has 2 rings (SSSR count). The average molecular weight is 348 g/mol.